The summed E-state index contributed by atoms with van der Waals surface area (Å²) < 4.78 is 10.6. The summed E-state index contributed by atoms with van der Waals surface area (Å²) in [5.74, 6) is -1.97. The molecule has 0 radical (unpaired) electrons. The maximum Gasteiger partial charge on any atom is 0.348 e. The Morgan fingerprint density at radius 3 is 2.44 bits per heavy atom. The first-order valence-corrected chi connectivity index (χ1v) is 11.7. The lowest BCUT2D eigenvalue weighted by Gasteiger charge is -2.06. The van der Waals surface area contributed by atoms with Crippen molar-refractivity contribution in [1.29, 1.82) is 5.26 Å². The zero-order valence-electron chi connectivity index (χ0n) is 17.5. The number of phenols is 1. The van der Waals surface area contributed by atoms with Gasteiger partial charge >= 0.3 is 11.9 Å². The van der Waals surface area contributed by atoms with E-state index < -0.39 is 17.7 Å². The van der Waals surface area contributed by atoms with Gasteiger partial charge in [-0.3, -0.25) is 4.79 Å². The van der Waals surface area contributed by atoms with Gasteiger partial charge in [-0.1, -0.05) is 11.6 Å². The lowest BCUT2D eigenvalue weighted by molar-refractivity contribution is -0.114. The molecule has 1 heterocycles. The van der Waals surface area contributed by atoms with E-state index in [0.29, 0.717) is 19.0 Å². The first-order chi connectivity index (χ1) is 15.1. The van der Waals surface area contributed by atoms with Gasteiger partial charge in [0.15, 0.2) is 5.78 Å². The van der Waals surface area contributed by atoms with E-state index in [1.807, 2.05) is 28.7 Å². The molecule has 0 aliphatic heterocycles. The smallest absolute Gasteiger partial charge is 0.348 e. The molecule has 0 bridgehead atoms. The number of halogens is 2. The van der Waals surface area contributed by atoms with Gasteiger partial charge in [0.2, 0.25) is 0 Å². The summed E-state index contributed by atoms with van der Waals surface area (Å²) in [6.45, 7) is 5.16. The van der Waals surface area contributed by atoms with Crippen LogP contribution in [0.25, 0.3) is 6.08 Å². The second-order valence-corrected chi connectivity index (χ2v) is 9.09. The van der Waals surface area contributed by atoms with Crippen LogP contribution in [0.5, 0.6) is 5.75 Å². The second-order valence-electron chi connectivity index (χ2n) is 6.39. The van der Waals surface area contributed by atoms with Crippen molar-refractivity contribution in [3.8, 4) is 11.8 Å². The highest BCUT2D eigenvalue weighted by Crippen LogP contribution is 2.32. The Hall–Kier alpha value is -2.42. The molecule has 0 spiro atoms. The second kappa shape index (κ2) is 11.4. The Labute approximate surface area is 207 Å². The van der Waals surface area contributed by atoms with Crippen molar-refractivity contribution < 1.29 is 29.0 Å². The topological polar surface area (TPSA) is 114 Å². The minimum absolute atomic E-state index is 0.112. The Morgan fingerprint density at radius 2 is 1.84 bits per heavy atom. The van der Waals surface area contributed by atoms with Gasteiger partial charge in [0.25, 0.3) is 0 Å². The molecule has 1 N–H and O–H groups in total. The summed E-state index contributed by atoms with van der Waals surface area (Å²) >= 11 is 8.85. The van der Waals surface area contributed by atoms with Gasteiger partial charge in [0.05, 0.1) is 27.9 Å². The molecule has 0 saturated carbocycles. The maximum atomic E-state index is 12.9. The van der Waals surface area contributed by atoms with Gasteiger partial charge in [0, 0.05) is 21.9 Å². The molecule has 1 aromatic heterocycles. The number of aromatic hydroxyl groups is 1. The Morgan fingerprint density at radius 1 is 1.22 bits per heavy atom. The van der Waals surface area contributed by atoms with Crippen LogP contribution in [0.15, 0.2) is 17.7 Å². The average Bonchev–Trinajstić information content (AvgIpc) is 3.05. The number of rotatable bonds is 8. The van der Waals surface area contributed by atoms with E-state index in [1.54, 1.807) is 26.8 Å². The van der Waals surface area contributed by atoms with Gasteiger partial charge in [-0.15, -0.1) is 11.3 Å². The Bertz CT molecular complexity index is 1150. The van der Waals surface area contributed by atoms with Crippen LogP contribution in [0, 0.1) is 21.8 Å². The molecule has 10 heteroatoms. The molecule has 0 atom stereocenters. The number of ether oxygens (including phenoxy) is 2. The number of allylic oxidation sites excluding steroid dienone is 1. The van der Waals surface area contributed by atoms with E-state index in [4.69, 9.17) is 21.1 Å². The summed E-state index contributed by atoms with van der Waals surface area (Å²) in [5.41, 5.74) is 0.453. The molecule has 1 aromatic carbocycles. The quantitative estimate of drug-likeness (QED) is 0.198. The third-order valence-electron chi connectivity index (χ3n) is 4.26. The largest absolute Gasteiger partial charge is 0.506 e. The third kappa shape index (κ3) is 5.88. The molecule has 0 unspecified atom stereocenters. The van der Waals surface area contributed by atoms with E-state index in [1.165, 1.54) is 12.1 Å². The lowest BCUT2D eigenvalue weighted by Crippen LogP contribution is -2.12. The molecule has 168 valence electrons. The van der Waals surface area contributed by atoms with Crippen LogP contribution < -0.4 is 0 Å². The zero-order valence-corrected chi connectivity index (χ0v) is 21.2. The standard InChI is InChI=1S/C22H19ClINO6S/c1-4-30-21(28)18-11(3)20(22(29)31-5-2)32-17(18)9-16(26)13(10-25)6-12-7-14(23)8-15(24)19(12)27/h6-8,27H,4-5,9H2,1-3H3/b13-6+. The number of ketones is 1. The molecular formula is C22H19ClINO6S. The highest BCUT2D eigenvalue weighted by Gasteiger charge is 2.28. The number of hydrogen-bond acceptors (Lipinski definition) is 8. The van der Waals surface area contributed by atoms with E-state index in [9.17, 15) is 24.8 Å². The van der Waals surface area contributed by atoms with Gasteiger partial charge in [-0.25, -0.2) is 9.59 Å². The number of nitrogens with zero attached hydrogens (tertiary/aromatic N) is 1. The van der Waals surface area contributed by atoms with Crippen LogP contribution in [0.1, 0.15) is 49.9 Å². The van der Waals surface area contributed by atoms with Crippen LogP contribution >= 0.6 is 45.5 Å². The van der Waals surface area contributed by atoms with Crippen molar-refractivity contribution in [1.82, 2.24) is 0 Å². The Kier molecular flexibility index (Phi) is 9.24. The third-order valence-corrected chi connectivity index (χ3v) is 6.57. The summed E-state index contributed by atoms with van der Waals surface area (Å²) in [4.78, 5) is 38.2. The van der Waals surface area contributed by atoms with Crippen molar-refractivity contribution in [3.63, 3.8) is 0 Å². The van der Waals surface area contributed by atoms with Crippen LogP contribution in [-0.4, -0.2) is 36.0 Å². The van der Waals surface area contributed by atoms with Crippen molar-refractivity contribution >= 4 is 69.3 Å². The van der Waals surface area contributed by atoms with Crippen LogP contribution in [0.3, 0.4) is 0 Å². The first-order valence-electron chi connectivity index (χ1n) is 9.43. The number of phenolic OH excluding ortho intramolecular Hbond substituents is 1. The number of hydrogen-bond donors (Lipinski definition) is 1. The molecule has 0 amide bonds. The monoisotopic (exact) mass is 587 g/mol. The number of carbonyl (C=O) groups excluding carboxylic acids is 3. The fourth-order valence-corrected chi connectivity index (χ4v) is 5.07. The fourth-order valence-electron chi connectivity index (χ4n) is 2.83. The van der Waals surface area contributed by atoms with E-state index in [-0.39, 0.29) is 47.0 Å². The molecule has 2 rings (SSSR count). The van der Waals surface area contributed by atoms with E-state index in [2.05, 4.69) is 0 Å². The minimum atomic E-state index is -0.663. The maximum absolute atomic E-state index is 12.9. The number of thiophene rings is 1. The SMILES string of the molecule is CCOC(=O)c1sc(CC(=O)/C(C#N)=C/c2cc(Cl)cc(I)c2O)c(C(=O)OCC)c1C. The number of nitriles is 1. The van der Waals surface area contributed by atoms with Crippen LogP contribution in [0.2, 0.25) is 5.02 Å². The van der Waals surface area contributed by atoms with Crippen molar-refractivity contribution in [3.05, 3.63) is 52.7 Å². The van der Waals surface area contributed by atoms with Crippen molar-refractivity contribution in [2.45, 2.75) is 27.2 Å². The summed E-state index contributed by atoms with van der Waals surface area (Å²) in [7, 11) is 0. The first kappa shape index (κ1) is 25.8. The van der Waals surface area contributed by atoms with Gasteiger partial charge < -0.3 is 14.6 Å². The van der Waals surface area contributed by atoms with Crippen LogP contribution in [0.4, 0.5) is 0 Å². The Balaban J connectivity index is 2.49. The molecule has 2 aromatic rings. The molecule has 32 heavy (non-hydrogen) atoms. The normalized spacial score (nSPS) is 11.1. The zero-order chi connectivity index (χ0) is 24.0. The highest BCUT2D eigenvalue weighted by atomic mass is 127. The molecule has 7 nitrogen and oxygen atoms in total. The van der Waals surface area contributed by atoms with Gasteiger partial charge in [-0.05, 0) is 67.1 Å². The van der Waals surface area contributed by atoms with Crippen molar-refractivity contribution in [2.24, 2.45) is 0 Å². The van der Waals surface area contributed by atoms with Gasteiger partial charge in [0.1, 0.15) is 16.7 Å². The van der Waals surface area contributed by atoms with E-state index >= 15 is 0 Å². The molecule has 0 aliphatic carbocycles. The molecule has 0 saturated heterocycles. The van der Waals surface area contributed by atoms with Crippen molar-refractivity contribution in [2.75, 3.05) is 13.2 Å². The predicted molar refractivity (Wildman–Crippen MR) is 129 cm³/mol. The van der Waals surface area contributed by atoms with E-state index in [0.717, 1.165) is 11.3 Å². The predicted octanol–water partition coefficient (Wildman–Crippen LogP) is 5.09. The molecule has 0 aliphatic rings. The lowest BCUT2D eigenvalue weighted by atomic mass is 10.0. The summed E-state index contributed by atoms with van der Waals surface area (Å²) in [6, 6.07) is 4.80. The molecule has 0 fully saturated rings. The molecular weight excluding hydrogens is 569 g/mol. The van der Waals surface area contributed by atoms with Gasteiger partial charge in [-0.2, -0.15) is 5.26 Å². The number of benzene rings is 1. The minimum Gasteiger partial charge on any atom is -0.506 e. The number of esters is 2. The number of Topliss-reactive ketones (excluding diaryl/α,β-unsaturated/α-hetero) is 1. The summed E-state index contributed by atoms with van der Waals surface area (Å²) in [6.07, 6.45) is 0.930. The van der Waals surface area contributed by atoms with Crippen LogP contribution in [-0.2, 0) is 20.7 Å². The average molecular weight is 588 g/mol. The number of carbonyl (C=O) groups is 3. The highest BCUT2D eigenvalue weighted by molar-refractivity contribution is 14.1. The summed E-state index contributed by atoms with van der Waals surface area (Å²) in [5, 5.41) is 20.1. The fraction of sp³-hybridized carbons (Fsp3) is 0.273.